The first-order valence-corrected chi connectivity index (χ1v) is 8.44. The van der Waals surface area contributed by atoms with Crippen molar-refractivity contribution in [3.05, 3.63) is 47.2 Å². The lowest BCUT2D eigenvalue weighted by molar-refractivity contribution is -0.129. The Morgan fingerprint density at radius 1 is 1.42 bits per heavy atom. The SMILES string of the molecule is CN(C)C(=O)C(N)C1=C[C@@H]2c3cccc4[nH]cc(c34)C[C@H]2N(C)C1. The Morgan fingerprint density at radius 2 is 2.21 bits per heavy atom. The Morgan fingerprint density at radius 3 is 2.96 bits per heavy atom. The smallest absolute Gasteiger partial charge is 0.243 e. The van der Waals surface area contributed by atoms with Gasteiger partial charge in [-0.1, -0.05) is 18.2 Å². The molecule has 1 amide bonds. The minimum atomic E-state index is -0.560. The van der Waals surface area contributed by atoms with Gasteiger partial charge in [0, 0.05) is 49.7 Å². The number of nitrogens with two attached hydrogens (primary N) is 1. The fraction of sp³-hybridized carbons (Fsp3) is 0.421. The average molecular weight is 324 g/mol. The molecule has 2 heterocycles. The van der Waals surface area contributed by atoms with Crippen molar-refractivity contribution in [1.82, 2.24) is 14.8 Å². The summed E-state index contributed by atoms with van der Waals surface area (Å²) in [6.07, 6.45) is 5.42. The maximum atomic E-state index is 12.3. The number of nitrogens with zero attached hydrogens (tertiary/aromatic N) is 2. The first-order valence-electron chi connectivity index (χ1n) is 8.44. The summed E-state index contributed by atoms with van der Waals surface area (Å²) in [5.74, 6) is 0.246. The molecule has 1 unspecified atom stereocenters. The molecule has 0 saturated carbocycles. The molecule has 0 bridgehead atoms. The number of carbonyl (C=O) groups is 1. The van der Waals surface area contributed by atoms with Gasteiger partial charge >= 0.3 is 0 Å². The van der Waals surface area contributed by atoms with Crippen LogP contribution in [0.3, 0.4) is 0 Å². The summed E-state index contributed by atoms with van der Waals surface area (Å²) in [4.78, 5) is 19.6. The Balaban J connectivity index is 1.80. The van der Waals surface area contributed by atoms with Crippen LogP contribution in [0, 0.1) is 0 Å². The molecule has 0 fully saturated rings. The summed E-state index contributed by atoms with van der Waals surface area (Å²) in [7, 11) is 5.65. The number of nitrogens with one attached hydrogen (secondary N) is 1. The van der Waals surface area contributed by atoms with Crippen LogP contribution in [0.4, 0.5) is 0 Å². The molecule has 24 heavy (non-hydrogen) atoms. The van der Waals surface area contributed by atoms with Crippen molar-refractivity contribution >= 4 is 16.8 Å². The maximum Gasteiger partial charge on any atom is 0.243 e. The zero-order valence-corrected chi connectivity index (χ0v) is 14.4. The van der Waals surface area contributed by atoms with Crippen LogP contribution in [0.5, 0.6) is 0 Å². The van der Waals surface area contributed by atoms with Crippen molar-refractivity contribution < 1.29 is 4.79 Å². The number of aromatic nitrogens is 1. The number of likely N-dealkylation sites (N-methyl/N-ethyl adjacent to an activating group) is 2. The first-order chi connectivity index (χ1) is 11.5. The van der Waals surface area contributed by atoms with Gasteiger partial charge in [0.25, 0.3) is 0 Å². The summed E-state index contributed by atoms with van der Waals surface area (Å²) in [5, 5.41) is 1.34. The predicted octanol–water partition coefficient (Wildman–Crippen LogP) is 1.46. The van der Waals surface area contributed by atoms with Crippen molar-refractivity contribution in [2.75, 3.05) is 27.7 Å². The summed E-state index contributed by atoms with van der Waals surface area (Å²) < 4.78 is 0. The number of amides is 1. The summed E-state index contributed by atoms with van der Waals surface area (Å²) >= 11 is 0. The van der Waals surface area contributed by atoms with Crippen molar-refractivity contribution in [3.8, 4) is 0 Å². The van der Waals surface area contributed by atoms with Gasteiger partial charge < -0.3 is 15.6 Å². The van der Waals surface area contributed by atoms with Gasteiger partial charge in [0.15, 0.2) is 0 Å². The van der Waals surface area contributed by atoms with Gasteiger partial charge in [0.05, 0.1) is 0 Å². The Bertz CT molecular complexity index is 835. The van der Waals surface area contributed by atoms with E-state index in [1.165, 1.54) is 22.0 Å². The molecule has 3 N–H and O–H groups in total. The van der Waals surface area contributed by atoms with Crippen LogP contribution in [0.15, 0.2) is 36.0 Å². The van der Waals surface area contributed by atoms with Crippen molar-refractivity contribution in [2.24, 2.45) is 5.73 Å². The minimum absolute atomic E-state index is 0.0375. The van der Waals surface area contributed by atoms with E-state index < -0.39 is 6.04 Å². The lowest BCUT2D eigenvalue weighted by atomic mass is 9.76. The predicted molar refractivity (Wildman–Crippen MR) is 95.9 cm³/mol. The second-order valence-electron chi connectivity index (χ2n) is 7.25. The molecule has 0 radical (unpaired) electrons. The molecule has 126 valence electrons. The summed E-state index contributed by atoms with van der Waals surface area (Å²) in [6, 6.07) is 6.30. The van der Waals surface area contributed by atoms with Crippen LogP contribution in [0.2, 0.25) is 0 Å². The molecular formula is C19H24N4O. The van der Waals surface area contributed by atoms with Crippen LogP contribution in [0.25, 0.3) is 10.9 Å². The summed E-state index contributed by atoms with van der Waals surface area (Å²) in [5.41, 5.74) is 11.2. The van der Waals surface area contributed by atoms with E-state index in [2.05, 4.69) is 47.4 Å². The Labute approximate surface area is 142 Å². The fourth-order valence-electron chi connectivity index (χ4n) is 4.24. The highest BCUT2D eigenvalue weighted by Gasteiger charge is 2.37. The van der Waals surface area contributed by atoms with E-state index in [1.54, 1.807) is 19.0 Å². The van der Waals surface area contributed by atoms with Gasteiger partial charge in [-0.3, -0.25) is 9.69 Å². The standard InChI is InChI=1S/C19H24N4O/c1-22(2)19(24)18(20)12-7-14-13-5-4-6-15-17(13)11(9-21-15)8-16(14)23(3)10-12/h4-7,9,14,16,18,21H,8,10,20H2,1-3H3/t14-,16-,18?/m1/s1. The summed E-state index contributed by atoms with van der Waals surface area (Å²) in [6.45, 7) is 0.748. The van der Waals surface area contributed by atoms with Crippen molar-refractivity contribution in [3.63, 3.8) is 0 Å². The fourth-order valence-corrected chi connectivity index (χ4v) is 4.24. The minimum Gasteiger partial charge on any atom is -0.361 e. The third-order valence-corrected chi connectivity index (χ3v) is 5.52. The molecule has 4 rings (SSSR count). The molecule has 5 nitrogen and oxygen atoms in total. The zero-order valence-electron chi connectivity index (χ0n) is 14.4. The number of fused-ring (bicyclic) bond motifs is 2. The number of aromatic amines is 1. The quantitative estimate of drug-likeness (QED) is 0.822. The van der Waals surface area contributed by atoms with E-state index in [4.69, 9.17) is 5.73 Å². The zero-order chi connectivity index (χ0) is 17.0. The van der Waals surface area contributed by atoms with Crippen LogP contribution >= 0.6 is 0 Å². The largest absolute Gasteiger partial charge is 0.361 e. The number of H-pyrrole nitrogens is 1. The van der Waals surface area contributed by atoms with E-state index in [0.717, 1.165) is 18.5 Å². The highest BCUT2D eigenvalue weighted by atomic mass is 16.2. The first kappa shape index (κ1) is 15.4. The molecule has 5 heteroatoms. The van der Waals surface area contributed by atoms with E-state index in [-0.39, 0.29) is 11.8 Å². The van der Waals surface area contributed by atoms with Gasteiger partial charge in [0.1, 0.15) is 6.04 Å². The number of hydrogen-bond donors (Lipinski definition) is 2. The van der Waals surface area contributed by atoms with Crippen LogP contribution < -0.4 is 5.73 Å². The Hall–Kier alpha value is -2.11. The number of benzene rings is 1. The monoisotopic (exact) mass is 324 g/mol. The second-order valence-corrected chi connectivity index (χ2v) is 7.25. The molecule has 1 aliphatic heterocycles. The molecule has 2 aliphatic rings. The van der Waals surface area contributed by atoms with Crippen molar-refractivity contribution in [1.29, 1.82) is 0 Å². The third-order valence-electron chi connectivity index (χ3n) is 5.52. The molecule has 1 aromatic heterocycles. The van der Waals surface area contributed by atoms with Gasteiger partial charge in [-0.05, 0) is 36.2 Å². The molecule has 1 aliphatic carbocycles. The molecular weight excluding hydrogens is 300 g/mol. The van der Waals surface area contributed by atoms with Crippen LogP contribution in [-0.2, 0) is 11.2 Å². The molecule has 2 aromatic rings. The number of hydrogen-bond acceptors (Lipinski definition) is 3. The molecule has 0 saturated heterocycles. The molecule has 3 atom stereocenters. The van der Waals surface area contributed by atoms with E-state index >= 15 is 0 Å². The average Bonchev–Trinajstić information content (AvgIpc) is 2.99. The normalized spacial score (nSPS) is 24.4. The van der Waals surface area contributed by atoms with Crippen LogP contribution in [-0.4, -0.2) is 60.5 Å². The van der Waals surface area contributed by atoms with E-state index in [9.17, 15) is 4.79 Å². The Kier molecular flexibility index (Phi) is 3.51. The molecule has 1 aromatic carbocycles. The second kappa shape index (κ2) is 5.46. The van der Waals surface area contributed by atoms with Gasteiger partial charge in [-0.15, -0.1) is 0 Å². The third kappa shape index (κ3) is 2.19. The van der Waals surface area contributed by atoms with E-state index in [0.29, 0.717) is 6.04 Å². The van der Waals surface area contributed by atoms with Gasteiger partial charge in [-0.25, -0.2) is 0 Å². The lowest BCUT2D eigenvalue weighted by Crippen LogP contribution is -2.49. The van der Waals surface area contributed by atoms with Gasteiger partial charge in [-0.2, -0.15) is 0 Å². The van der Waals surface area contributed by atoms with Gasteiger partial charge in [0.2, 0.25) is 5.91 Å². The molecule has 0 spiro atoms. The highest BCUT2D eigenvalue weighted by Crippen LogP contribution is 2.42. The number of rotatable bonds is 2. The lowest BCUT2D eigenvalue weighted by Gasteiger charge is -2.42. The number of carbonyl (C=O) groups excluding carboxylic acids is 1. The van der Waals surface area contributed by atoms with E-state index in [1.807, 2.05) is 0 Å². The maximum absolute atomic E-state index is 12.3. The highest BCUT2D eigenvalue weighted by molar-refractivity contribution is 5.89. The van der Waals surface area contributed by atoms with Crippen LogP contribution in [0.1, 0.15) is 17.0 Å². The van der Waals surface area contributed by atoms with Crippen molar-refractivity contribution in [2.45, 2.75) is 24.4 Å². The topological polar surface area (TPSA) is 65.4 Å².